The lowest BCUT2D eigenvalue weighted by molar-refractivity contribution is 0.894. The number of aromatic nitrogens is 3. The van der Waals surface area contributed by atoms with Gasteiger partial charge in [0.25, 0.3) is 0 Å². The second-order valence-corrected chi connectivity index (χ2v) is 15.5. The summed E-state index contributed by atoms with van der Waals surface area (Å²) in [5.74, 6) is 1.93. The molecular formula is C39H35N3PS+. The second kappa shape index (κ2) is 12.4. The molecule has 216 valence electrons. The van der Waals surface area contributed by atoms with Crippen molar-refractivity contribution in [3.05, 3.63) is 145 Å². The molecule has 0 aliphatic heterocycles. The third-order valence-corrected chi connectivity index (χ3v) is 13.7. The van der Waals surface area contributed by atoms with E-state index in [0.29, 0.717) is 0 Å². The number of hydrogen-bond donors (Lipinski definition) is 0. The molecule has 0 radical (unpaired) electrons. The minimum atomic E-state index is -2.48. The molecule has 0 saturated carbocycles. The summed E-state index contributed by atoms with van der Waals surface area (Å²) in [5, 5.41) is 6.20. The summed E-state index contributed by atoms with van der Waals surface area (Å²) in [7, 11) is -2.48. The van der Waals surface area contributed by atoms with Gasteiger partial charge < -0.3 is 0 Å². The molecule has 3 nitrogen and oxygen atoms in total. The zero-order chi connectivity index (χ0) is 29.9. The number of thioether (sulfide) groups is 1. The highest BCUT2D eigenvalue weighted by Crippen LogP contribution is 2.57. The Kier molecular flexibility index (Phi) is 8.04. The summed E-state index contributed by atoms with van der Waals surface area (Å²) < 4.78 is 2.32. The molecule has 0 amide bonds. The van der Waals surface area contributed by atoms with Crippen molar-refractivity contribution in [3.8, 4) is 11.4 Å². The Balaban J connectivity index is 1.71. The van der Waals surface area contributed by atoms with Gasteiger partial charge in [0, 0.05) is 5.56 Å². The molecule has 2 heterocycles. The van der Waals surface area contributed by atoms with Gasteiger partial charge in [0.2, 0.25) is 0 Å². The molecule has 7 rings (SSSR count). The number of fused-ring (bicyclic) bond motifs is 3. The van der Waals surface area contributed by atoms with Gasteiger partial charge >= 0.3 is 0 Å². The maximum atomic E-state index is 5.65. The minimum absolute atomic E-state index is 0.934. The van der Waals surface area contributed by atoms with Crippen LogP contribution in [0.15, 0.2) is 145 Å². The quantitative estimate of drug-likeness (QED) is 0.0714. The van der Waals surface area contributed by atoms with E-state index in [0.717, 1.165) is 51.7 Å². The molecule has 0 aliphatic rings. The van der Waals surface area contributed by atoms with Gasteiger partial charge in [-0.15, -0.1) is 11.8 Å². The van der Waals surface area contributed by atoms with Crippen LogP contribution in [0.5, 0.6) is 0 Å². The van der Waals surface area contributed by atoms with Gasteiger partial charge in [0.15, 0.2) is 18.2 Å². The molecule has 44 heavy (non-hydrogen) atoms. The first-order chi connectivity index (χ1) is 21.7. The number of aryl methyl sites for hydroxylation is 1. The third-order valence-electron chi connectivity index (χ3n) is 8.21. The van der Waals surface area contributed by atoms with Crippen LogP contribution >= 0.6 is 19.0 Å². The highest BCUT2D eigenvalue weighted by Gasteiger charge is 2.52. The van der Waals surface area contributed by atoms with E-state index in [1.807, 2.05) is 11.8 Å². The fourth-order valence-corrected chi connectivity index (χ4v) is 12.0. The standard InChI is InChI=1S/C39H35N3PS/c1-3-4-28-44-39-36(38-40-34-22-14-15-23-35(34)42(38)37(41-39)30-26-24-29(2)25-27-30)43(31-16-8-5-9-17-31,32-18-10-6-11-19-32)33-20-12-7-13-21-33/h5-27H,3-4,28H2,1-2H3/q+1. The fraction of sp³-hybridized carbons (Fsp3) is 0.128. The zero-order valence-corrected chi connectivity index (χ0v) is 26.8. The smallest absolute Gasteiger partial charge is 0.186 e. The van der Waals surface area contributed by atoms with Crippen LogP contribution in [0, 0.1) is 6.92 Å². The molecule has 0 fully saturated rings. The van der Waals surface area contributed by atoms with Crippen LogP contribution in [0.2, 0.25) is 0 Å². The van der Waals surface area contributed by atoms with E-state index in [2.05, 4.69) is 158 Å². The van der Waals surface area contributed by atoms with Crippen molar-refractivity contribution in [2.75, 3.05) is 5.75 Å². The summed E-state index contributed by atoms with van der Waals surface area (Å²) in [4.78, 5) is 11.1. The van der Waals surface area contributed by atoms with E-state index in [1.165, 1.54) is 26.8 Å². The average molecular weight is 609 g/mol. The molecule has 0 aliphatic carbocycles. The Morgan fingerprint density at radius 1 is 0.636 bits per heavy atom. The molecule has 2 aromatic heterocycles. The predicted octanol–water partition coefficient (Wildman–Crippen LogP) is 8.37. The number of para-hydroxylation sites is 2. The van der Waals surface area contributed by atoms with Crippen molar-refractivity contribution in [2.45, 2.75) is 31.7 Å². The number of nitrogens with zero attached hydrogens (tertiary/aromatic N) is 3. The molecule has 0 N–H and O–H groups in total. The monoisotopic (exact) mass is 608 g/mol. The maximum absolute atomic E-state index is 5.65. The summed E-state index contributed by atoms with van der Waals surface area (Å²) in [6, 6.07) is 50.5. The number of rotatable bonds is 9. The molecule has 0 bridgehead atoms. The van der Waals surface area contributed by atoms with Gasteiger partial charge in [-0.3, -0.25) is 4.40 Å². The topological polar surface area (TPSA) is 30.2 Å². The SMILES string of the molecule is CCCCSc1nc(-c2ccc(C)cc2)n2c(nc3ccccc32)c1[P+](c1ccccc1)(c1ccccc1)c1ccccc1. The molecule has 5 heteroatoms. The highest BCUT2D eigenvalue weighted by atomic mass is 32.2. The number of unbranched alkanes of at least 4 members (excludes halogenated alkanes) is 1. The van der Waals surface area contributed by atoms with E-state index in [-0.39, 0.29) is 0 Å². The lowest BCUT2D eigenvalue weighted by atomic mass is 10.1. The van der Waals surface area contributed by atoms with Crippen molar-refractivity contribution in [1.29, 1.82) is 0 Å². The first kappa shape index (κ1) is 28.5. The Morgan fingerprint density at radius 2 is 1.18 bits per heavy atom. The zero-order valence-electron chi connectivity index (χ0n) is 25.1. The van der Waals surface area contributed by atoms with E-state index in [1.54, 1.807) is 0 Å². The third kappa shape index (κ3) is 4.93. The van der Waals surface area contributed by atoms with Crippen molar-refractivity contribution in [2.24, 2.45) is 0 Å². The summed E-state index contributed by atoms with van der Waals surface area (Å²) >= 11 is 1.88. The largest absolute Gasteiger partial charge is 0.273 e. The van der Waals surface area contributed by atoms with Crippen LogP contribution in [-0.2, 0) is 0 Å². The Labute approximate surface area is 264 Å². The van der Waals surface area contributed by atoms with E-state index >= 15 is 0 Å². The van der Waals surface area contributed by atoms with E-state index < -0.39 is 7.26 Å². The van der Waals surface area contributed by atoms with Crippen LogP contribution in [0.3, 0.4) is 0 Å². The normalized spacial score (nSPS) is 11.8. The highest BCUT2D eigenvalue weighted by molar-refractivity contribution is 8.04. The molecule has 7 aromatic rings. The van der Waals surface area contributed by atoms with Crippen molar-refractivity contribution in [1.82, 2.24) is 14.4 Å². The van der Waals surface area contributed by atoms with Crippen LogP contribution in [0.4, 0.5) is 0 Å². The first-order valence-electron chi connectivity index (χ1n) is 15.3. The molecule has 0 spiro atoms. The second-order valence-electron chi connectivity index (χ2n) is 11.1. The Morgan fingerprint density at radius 3 is 1.75 bits per heavy atom. The van der Waals surface area contributed by atoms with Gasteiger partial charge in [-0.25, -0.2) is 9.97 Å². The predicted molar refractivity (Wildman–Crippen MR) is 191 cm³/mol. The van der Waals surface area contributed by atoms with Gasteiger partial charge in [-0.1, -0.05) is 110 Å². The van der Waals surface area contributed by atoms with Crippen LogP contribution in [0.25, 0.3) is 28.1 Å². The summed E-state index contributed by atoms with van der Waals surface area (Å²) in [6.07, 6.45) is 2.26. The van der Waals surface area contributed by atoms with E-state index in [4.69, 9.17) is 9.97 Å². The Bertz CT molecular complexity index is 1930. The molecule has 5 aromatic carbocycles. The molecular weight excluding hydrogens is 573 g/mol. The average Bonchev–Trinajstić information content (AvgIpc) is 3.47. The molecule has 0 saturated heterocycles. The number of hydrogen-bond acceptors (Lipinski definition) is 3. The first-order valence-corrected chi connectivity index (χ1v) is 18.1. The lowest BCUT2D eigenvalue weighted by Crippen LogP contribution is -2.40. The van der Waals surface area contributed by atoms with Gasteiger partial charge in [-0.05, 0) is 67.6 Å². The number of benzene rings is 5. The minimum Gasteiger partial charge on any atom is -0.273 e. The van der Waals surface area contributed by atoms with Crippen molar-refractivity contribution >= 4 is 56.9 Å². The molecule has 0 unspecified atom stereocenters. The fourth-order valence-electron chi connectivity index (χ4n) is 6.09. The lowest BCUT2D eigenvalue weighted by Gasteiger charge is -2.29. The Hall–Kier alpha value is -4.24. The molecule has 0 atom stereocenters. The number of imidazole rings is 1. The maximum Gasteiger partial charge on any atom is 0.186 e. The van der Waals surface area contributed by atoms with E-state index in [9.17, 15) is 0 Å². The van der Waals surface area contributed by atoms with Crippen molar-refractivity contribution < 1.29 is 0 Å². The van der Waals surface area contributed by atoms with Crippen LogP contribution in [-0.4, -0.2) is 20.1 Å². The van der Waals surface area contributed by atoms with Crippen LogP contribution in [0.1, 0.15) is 25.3 Å². The van der Waals surface area contributed by atoms with Gasteiger partial charge in [0.1, 0.15) is 26.8 Å². The van der Waals surface area contributed by atoms with Gasteiger partial charge in [-0.2, -0.15) is 0 Å². The van der Waals surface area contributed by atoms with Gasteiger partial charge in [0.05, 0.1) is 11.0 Å². The van der Waals surface area contributed by atoms with Crippen LogP contribution < -0.4 is 21.2 Å². The summed E-state index contributed by atoms with van der Waals surface area (Å²) in [5.41, 5.74) is 5.37. The van der Waals surface area contributed by atoms with Crippen molar-refractivity contribution in [3.63, 3.8) is 0 Å². The summed E-state index contributed by atoms with van der Waals surface area (Å²) in [6.45, 7) is 4.39.